The highest BCUT2D eigenvalue weighted by molar-refractivity contribution is 4.80. The first-order valence-electron chi connectivity index (χ1n) is 5.86. The molecule has 2 heterocycles. The molecule has 2 aliphatic rings. The second-order valence-electron chi connectivity index (χ2n) is 4.85. The molecule has 0 aromatic heterocycles. The standard InChI is InChI=1S/C11H22N2O/c1-9-4-5-13(7-9)8-11-3-2-10(6-12)14-11/h9-11H,2-8,12H2,1H3. The highest BCUT2D eigenvalue weighted by Crippen LogP contribution is 2.22. The number of hydrogen-bond donors (Lipinski definition) is 1. The van der Waals surface area contributed by atoms with Crippen molar-refractivity contribution in [1.29, 1.82) is 0 Å². The molecule has 2 N–H and O–H groups in total. The van der Waals surface area contributed by atoms with Gasteiger partial charge in [0.05, 0.1) is 12.2 Å². The Morgan fingerprint density at radius 3 is 2.64 bits per heavy atom. The van der Waals surface area contributed by atoms with Gasteiger partial charge < -0.3 is 15.4 Å². The number of nitrogens with two attached hydrogens (primary N) is 1. The smallest absolute Gasteiger partial charge is 0.0707 e. The van der Waals surface area contributed by atoms with Crippen LogP contribution in [0.2, 0.25) is 0 Å². The van der Waals surface area contributed by atoms with Gasteiger partial charge in [0.1, 0.15) is 0 Å². The second kappa shape index (κ2) is 4.60. The van der Waals surface area contributed by atoms with Crippen LogP contribution in [0, 0.1) is 5.92 Å². The lowest BCUT2D eigenvalue weighted by atomic mass is 10.2. The Hall–Kier alpha value is -0.120. The van der Waals surface area contributed by atoms with Crippen molar-refractivity contribution in [3.63, 3.8) is 0 Å². The summed E-state index contributed by atoms with van der Waals surface area (Å²) in [5.41, 5.74) is 5.59. The minimum atomic E-state index is 0.333. The van der Waals surface area contributed by atoms with E-state index in [1.54, 1.807) is 0 Å². The molecule has 0 radical (unpaired) electrons. The molecule has 2 rings (SSSR count). The van der Waals surface area contributed by atoms with Gasteiger partial charge in [-0.25, -0.2) is 0 Å². The van der Waals surface area contributed by atoms with E-state index in [0.29, 0.717) is 18.8 Å². The Bertz CT molecular complexity index is 186. The fourth-order valence-corrected chi connectivity index (χ4v) is 2.57. The molecule has 0 spiro atoms. The van der Waals surface area contributed by atoms with Crippen LogP contribution < -0.4 is 5.73 Å². The number of likely N-dealkylation sites (tertiary alicyclic amines) is 1. The third-order valence-electron chi connectivity index (χ3n) is 3.43. The lowest BCUT2D eigenvalue weighted by Gasteiger charge is -2.20. The number of rotatable bonds is 3. The van der Waals surface area contributed by atoms with E-state index in [0.717, 1.165) is 18.9 Å². The van der Waals surface area contributed by atoms with Crippen LogP contribution in [0.5, 0.6) is 0 Å². The zero-order valence-corrected chi connectivity index (χ0v) is 9.11. The van der Waals surface area contributed by atoms with E-state index in [1.807, 2.05) is 0 Å². The van der Waals surface area contributed by atoms with Gasteiger partial charge in [-0.05, 0) is 31.7 Å². The van der Waals surface area contributed by atoms with E-state index in [2.05, 4.69) is 11.8 Å². The zero-order chi connectivity index (χ0) is 9.97. The Morgan fingerprint density at radius 1 is 1.29 bits per heavy atom. The van der Waals surface area contributed by atoms with Gasteiger partial charge in [-0.15, -0.1) is 0 Å². The monoisotopic (exact) mass is 198 g/mol. The summed E-state index contributed by atoms with van der Waals surface area (Å²) < 4.78 is 5.84. The third-order valence-corrected chi connectivity index (χ3v) is 3.43. The molecule has 0 amide bonds. The summed E-state index contributed by atoms with van der Waals surface area (Å²) in [6, 6.07) is 0. The van der Waals surface area contributed by atoms with E-state index >= 15 is 0 Å². The van der Waals surface area contributed by atoms with Gasteiger partial charge in [-0.2, -0.15) is 0 Å². The summed E-state index contributed by atoms with van der Waals surface area (Å²) in [6.45, 7) is 6.66. The van der Waals surface area contributed by atoms with E-state index in [9.17, 15) is 0 Å². The molecule has 3 unspecified atom stereocenters. The largest absolute Gasteiger partial charge is 0.372 e. The molecule has 3 atom stereocenters. The predicted octanol–water partition coefficient (Wildman–Crippen LogP) is 0.835. The molecule has 2 saturated heterocycles. The van der Waals surface area contributed by atoms with E-state index in [4.69, 9.17) is 10.5 Å². The molecule has 2 aliphatic heterocycles. The first-order valence-corrected chi connectivity index (χ1v) is 5.86. The van der Waals surface area contributed by atoms with Crippen molar-refractivity contribution in [3.05, 3.63) is 0 Å². The van der Waals surface area contributed by atoms with Crippen LogP contribution in [0.3, 0.4) is 0 Å². The van der Waals surface area contributed by atoms with Crippen molar-refractivity contribution < 1.29 is 4.74 Å². The fourth-order valence-electron chi connectivity index (χ4n) is 2.57. The summed E-state index contributed by atoms with van der Waals surface area (Å²) in [6.07, 6.45) is 4.50. The molecule has 0 bridgehead atoms. The zero-order valence-electron chi connectivity index (χ0n) is 9.11. The Kier molecular flexibility index (Phi) is 3.42. The van der Waals surface area contributed by atoms with Gasteiger partial charge in [0, 0.05) is 19.6 Å². The van der Waals surface area contributed by atoms with Gasteiger partial charge in [0.2, 0.25) is 0 Å². The summed E-state index contributed by atoms with van der Waals surface area (Å²) >= 11 is 0. The van der Waals surface area contributed by atoms with Gasteiger partial charge in [0.15, 0.2) is 0 Å². The van der Waals surface area contributed by atoms with Crippen LogP contribution in [0.4, 0.5) is 0 Å². The lowest BCUT2D eigenvalue weighted by Crippen LogP contribution is -2.31. The van der Waals surface area contributed by atoms with Crippen molar-refractivity contribution in [2.75, 3.05) is 26.2 Å². The van der Waals surface area contributed by atoms with Crippen LogP contribution >= 0.6 is 0 Å². The van der Waals surface area contributed by atoms with E-state index in [1.165, 1.54) is 25.9 Å². The van der Waals surface area contributed by atoms with Gasteiger partial charge in [-0.1, -0.05) is 6.92 Å². The molecule has 0 aliphatic carbocycles. The van der Waals surface area contributed by atoms with Crippen LogP contribution in [0.25, 0.3) is 0 Å². The van der Waals surface area contributed by atoms with Crippen LogP contribution in [-0.4, -0.2) is 43.3 Å². The quantitative estimate of drug-likeness (QED) is 0.730. The number of ether oxygens (including phenoxy) is 1. The molecular formula is C11H22N2O. The average molecular weight is 198 g/mol. The highest BCUT2D eigenvalue weighted by Gasteiger charge is 2.28. The summed E-state index contributed by atoms with van der Waals surface area (Å²) in [4.78, 5) is 2.54. The molecule has 0 saturated carbocycles. The minimum absolute atomic E-state index is 0.333. The van der Waals surface area contributed by atoms with Crippen molar-refractivity contribution >= 4 is 0 Å². The van der Waals surface area contributed by atoms with Gasteiger partial charge >= 0.3 is 0 Å². The molecule has 0 aromatic rings. The van der Waals surface area contributed by atoms with Crippen molar-refractivity contribution in [1.82, 2.24) is 4.90 Å². The molecule has 3 heteroatoms. The maximum absolute atomic E-state index is 5.84. The Balaban J connectivity index is 1.71. The highest BCUT2D eigenvalue weighted by atomic mass is 16.5. The first-order chi connectivity index (χ1) is 6.78. The molecule has 14 heavy (non-hydrogen) atoms. The van der Waals surface area contributed by atoms with Gasteiger partial charge in [-0.3, -0.25) is 0 Å². The van der Waals surface area contributed by atoms with Crippen molar-refractivity contribution in [3.8, 4) is 0 Å². The number of nitrogens with zero attached hydrogens (tertiary/aromatic N) is 1. The molecule has 2 fully saturated rings. The third kappa shape index (κ3) is 2.47. The van der Waals surface area contributed by atoms with Crippen LogP contribution in [-0.2, 0) is 4.74 Å². The van der Waals surface area contributed by atoms with E-state index < -0.39 is 0 Å². The van der Waals surface area contributed by atoms with Crippen LogP contribution in [0.1, 0.15) is 26.2 Å². The summed E-state index contributed by atoms with van der Waals surface area (Å²) in [7, 11) is 0. The minimum Gasteiger partial charge on any atom is -0.372 e. The van der Waals surface area contributed by atoms with Crippen LogP contribution in [0.15, 0.2) is 0 Å². The second-order valence-corrected chi connectivity index (χ2v) is 4.85. The SMILES string of the molecule is CC1CCN(CC2CCC(CN)O2)C1. The Labute approximate surface area is 86.6 Å². The lowest BCUT2D eigenvalue weighted by molar-refractivity contribution is 0.0309. The first kappa shape index (κ1) is 10.4. The van der Waals surface area contributed by atoms with E-state index in [-0.39, 0.29) is 0 Å². The summed E-state index contributed by atoms with van der Waals surface area (Å²) in [5.74, 6) is 0.877. The van der Waals surface area contributed by atoms with Crippen molar-refractivity contribution in [2.24, 2.45) is 11.7 Å². The predicted molar refractivity (Wildman–Crippen MR) is 57.2 cm³/mol. The average Bonchev–Trinajstić information content (AvgIpc) is 2.76. The normalized spacial score (nSPS) is 39.4. The van der Waals surface area contributed by atoms with Crippen molar-refractivity contribution in [2.45, 2.75) is 38.4 Å². The molecule has 3 nitrogen and oxygen atoms in total. The molecule has 82 valence electrons. The number of hydrogen-bond acceptors (Lipinski definition) is 3. The topological polar surface area (TPSA) is 38.5 Å². The summed E-state index contributed by atoms with van der Waals surface area (Å²) in [5, 5.41) is 0. The molecule has 0 aromatic carbocycles. The molecular weight excluding hydrogens is 176 g/mol. The Morgan fingerprint density at radius 2 is 2.07 bits per heavy atom. The fraction of sp³-hybridized carbons (Fsp3) is 1.00. The van der Waals surface area contributed by atoms with Gasteiger partial charge in [0.25, 0.3) is 0 Å². The maximum atomic E-state index is 5.84. The maximum Gasteiger partial charge on any atom is 0.0707 e.